The number of aliphatic imine (C=N–C) groups is 1. The van der Waals surface area contributed by atoms with Crippen LogP contribution in [-0.2, 0) is 13.0 Å². The molecule has 2 aromatic heterocycles. The number of hydrogen-bond acceptors (Lipinski definition) is 4. The average molecular weight is 420 g/mol. The fraction of sp³-hybridized carbons (Fsp3) is 0.429. The minimum absolute atomic E-state index is 0. The Morgan fingerprint density at radius 1 is 1.43 bits per heavy atom. The van der Waals surface area contributed by atoms with Gasteiger partial charge in [-0.15, -0.1) is 35.3 Å². The summed E-state index contributed by atoms with van der Waals surface area (Å²) in [5.41, 5.74) is 0.856. The van der Waals surface area contributed by atoms with Crippen molar-refractivity contribution in [2.75, 3.05) is 7.05 Å². The second-order valence-electron chi connectivity index (χ2n) is 4.68. The second-order valence-corrected chi connectivity index (χ2v) is 6.05. The van der Waals surface area contributed by atoms with Crippen LogP contribution in [0, 0.1) is 6.92 Å². The van der Waals surface area contributed by atoms with E-state index in [1.54, 1.807) is 13.3 Å². The van der Waals surface area contributed by atoms with Crippen molar-refractivity contribution in [1.29, 1.82) is 0 Å². The zero-order chi connectivity index (χ0) is 14.4. The van der Waals surface area contributed by atoms with Crippen molar-refractivity contribution in [2.24, 2.45) is 4.99 Å². The third-order valence-electron chi connectivity index (χ3n) is 2.84. The summed E-state index contributed by atoms with van der Waals surface area (Å²) < 4.78 is 4.79. The van der Waals surface area contributed by atoms with Gasteiger partial charge in [0.1, 0.15) is 12.0 Å². The van der Waals surface area contributed by atoms with E-state index < -0.39 is 0 Å². The molecule has 0 aliphatic carbocycles. The lowest BCUT2D eigenvalue weighted by atomic mass is 10.2. The van der Waals surface area contributed by atoms with Crippen LogP contribution >= 0.6 is 35.3 Å². The topological polar surface area (TPSA) is 62.5 Å². The summed E-state index contributed by atoms with van der Waals surface area (Å²) in [4.78, 5) is 6.95. The number of halogens is 1. The quantitative estimate of drug-likeness (QED) is 0.444. The highest BCUT2D eigenvalue weighted by Crippen LogP contribution is 2.16. The predicted octanol–water partition coefficient (Wildman–Crippen LogP) is 2.96. The molecule has 2 N–H and O–H groups in total. The smallest absolute Gasteiger partial charge is 0.191 e. The van der Waals surface area contributed by atoms with Gasteiger partial charge in [0.15, 0.2) is 5.96 Å². The van der Waals surface area contributed by atoms with Gasteiger partial charge in [-0.3, -0.25) is 4.99 Å². The van der Waals surface area contributed by atoms with Crippen molar-refractivity contribution in [3.05, 3.63) is 39.9 Å². The van der Waals surface area contributed by atoms with Crippen LogP contribution in [0.25, 0.3) is 0 Å². The maximum Gasteiger partial charge on any atom is 0.191 e. The maximum atomic E-state index is 4.79. The van der Waals surface area contributed by atoms with E-state index >= 15 is 0 Å². The molecule has 5 nitrogen and oxygen atoms in total. The van der Waals surface area contributed by atoms with Gasteiger partial charge in [-0.2, -0.15) is 0 Å². The van der Waals surface area contributed by atoms with Crippen molar-refractivity contribution in [3.63, 3.8) is 0 Å². The van der Waals surface area contributed by atoms with E-state index in [2.05, 4.69) is 46.8 Å². The van der Waals surface area contributed by atoms with Crippen LogP contribution in [-0.4, -0.2) is 24.2 Å². The Bertz CT molecular complexity index is 553. The molecule has 2 rings (SSSR count). The van der Waals surface area contributed by atoms with E-state index in [-0.39, 0.29) is 24.0 Å². The lowest BCUT2D eigenvalue weighted by Crippen LogP contribution is -2.42. The predicted molar refractivity (Wildman–Crippen MR) is 97.5 cm³/mol. The fourth-order valence-corrected chi connectivity index (χ4v) is 2.90. The van der Waals surface area contributed by atoms with E-state index in [0.29, 0.717) is 12.6 Å². The van der Waals surface area contributed by atoms with E-state index in [0.717, 1.165) is 18.1 Å². The molecule has 1 atom stereocenters. The lowest BCUT2D eigenvalue weighted by molar-refractivity contribution is 0.410. The molecule has 1 unspecified atom stereocenters. The molecule has 21 heavy (non-hydrogen) atoms. The van der Waals surface area contributed by atoms with Crippen LogP contribution in [0.5, 0.6) is 0 Å². The molecule has 0 aliphatic heterocycles. The molecule has 116 valence electrons. The molecule has 7 heteroatoms. The Kier molecular flexibility index (Phi) is 7.73. The Balaban J connectivity index is 0.00000220. The van der Waals surface area contributed by atoms with Gasteiger partial charge in [0, 0.05) is 35.3 Å². The number of hydrogen-bond donors (Lipinski definition) is 2. The van der Waals surface area contributed by atoms with Gasteiger partial charge in [0.25, 0.3) is 0 Å². The van der Waals surface area contributed by atoms with Crippen LogP contribution < -0.4 is 10.6 Å². The maximum absolute atomic E-state index is 4.79. The molecule has 2 aromatic rings. The van der Waals surface area contributed by atoms with E-state index in [1.807, 2.05) is 17.4 Å². The van der Waals surface area contributed by atoms with Crippen LogP contribution in [0.1, 0.15) is 22.4 Å². The molecule has 0 bridgehead atoms. The largest absolute Gasteiger partial charge is 0.364 e. The lowest BCUT2D eigenvalue weighted by Gasteiger charge is -2.16. The first-order chi connectivity index (χ1) is 9.67. The summed E-state index contributed by atoms with van der Waals surface area (Å²) in [7, 11) is 1.76. The number of aryl methyl sites for hydroxylation is 1. The zero-order valence-electron chi connectivity index (χ0n) is 12.4. The van der Waals surface area contributed by atoms with Crippen molar-refractivity contribution in [2.45, 2.75) is 32.9 Å². The van der Waals surface area contributed by atoms with Crippen molar-refractivity contribution < 1.29 is 4.52 Å². The number of thiophene rings is 1. The van der Waals surface area contributed by atoms with Crippen LogP contribution in [0.3, 0.4) is 0 Å². The Morgan fingerprint density at radius 3 is 2.81 bits per heavy atom. The molecule has 0 aliphatic rings. The monoisotopic (exact) mass is 420 g/mol. The molecular weight excluding hydrogens is 399 g/mol. The van der Waals surface area contributed by atoms with Crippen LogP contribution in [0.4, 0.5) is 0 Å². The first-order valence-corrected chi connectivity index (χ1v) is 7.41. The Morgan fingerprint density at radius 2 is 2.24 bits per heavy atom. The van der Waals surface area contributed by atoms with Crippen molar-refractivity contribution in [1.82, 2.24) is 15.8 Å². The van der Waals surface area contributed by atoms with Gasteiger partial charge in [0.05, 0.1) is 6.54 Å². The van der Waals surface area contributed by atoms with Gasteiger partial charge in [-0.1, -0.05) is 5.16 Å². The highest BCUT2D eigenvalue weighted by molar-refractivity contribution is 14.0. The molecule has 0 amide bonds. The number of nitrogens with one attached hydrogen (secondary N) is 2. The average Bonchev–Trinajstić information content (AvgIpc) is 3.06. The summed E-state index contributed by atoms with van der Waals surface area (Å²) >= 11 is 1.84. The molecule has 2 heterocycles. The Hall–Kier alpha value is -1.09. The van der Waals surface area contributed by atoms with Gasteiger partial charge in [0.2, 0.25) is 0 Å². The van der Waals surface area contributed by atoms with Crippen LogP contribution in [0.2, 0.25) is 0 Å². The van der Waals surface area contributed by atoms with Crippen molar-refractivity contribution >= 4 is 41.3 Å². The van der Waals surface area contributed by atoms with E-state index in [1.165, 1.54) is 9.75 Å². The number of guanidine groups is 1. The number of rotatable bonds is 5. The summed E-state index contributed by atoms with van der Waals surface area (Å²) in [5.74, 6) is 0.772. The fourth-order valence-electron chi connectivity index (χ4n) is 1.88. The first-order valence-electron chi connectivity index (χ1n) is 6.59. The van der Waals surface area contributed by atoms with E-state index in [4.69, 9.17) is 4.52 Å². The van der Waals surface area contributed by atoms with E-state index in [9.17, 15) is 0 Å². The summed E-state index contributed by atoms with van der Waals surface area (Å²) in [6, 6.07) is 6.49. The zero-order valence-corrected chi connectivity index (χ0v) is 15.6. The SMILES string of the molecule is CN=C(NCc1ccon1)NC(C)Cc1ccc(C)s1.I. The molecule has 0 saturated heterocycles. The first kappa shape index (κ1) is 18.0. The van der Waals surface area contributed by atoms with Gasteiger partial charge in [-0.25, -0.2) is 0 Å². The summed E-state index contributed by atoms with van der Waals surface area (Å²) in [5, 5.41) is 10.4. The van der Waals surface area contributed by atoms with Gasteiger partial charge >= 0.3 is 0 Å². The molecule has 0 aromatic carbocycles. The molecule has 0 radical (unpaired) electrons. The summed E-state index contributed by atoms with van der Waals surface area (Å²) in [6.07, 6.45) is 2.55. The summed E-state index contributed by atoms with van der Waals surface area (Å²) in [6.45, 7) is 4.88. The third-order valence-corrected chi connectivity index (χ3v) is 3.86. The van der Waals surface area contributed by atoms with Gasteiger partial charge in [-0.05, 0) is 26.0 Å². The normalized spacial score (nSPS) is 12.6. The minimum atomic E-state index is 0. The highest BCUT2D eigenvalue weighted by atomic mass is 127. The Labute approximate surface area is 146 Å². The van der Waals surface area contributed by atoms with Crippen LogP contribution in [0.15, 0.2) is 34.0 Å². The molecule has 0 fully saturated rings. The minimum Gasteiger partial charge on any atom is -0.364 e. The standard InChI is InChI=1S/C14H20N4OS.HI/c1-10(8-13-5-4-11(2)20-13)17-14(15-3)16-9-12-6-7-19-18-12;/h4-7,10H,8-9H2,1-3H3,(H2,15,16,17);1H. The highest BCUT2D eigenvalue weighted by Gasteiger charge is 2.08. The van der Waals surface area contributed by atoms with Crippen molar-refractivity contribution in [3.8, 4) is 0 Å². The molecule has 0 spiro atoms. The number of aromatic nitrogens is 1. The third kappa shape index (κ3) is 6.04. The molecular formula is C14H21IN4OS. The number of nitrogens with zero attached hydrogens (tertiary/aromatic N) is 2. The molecule has 0 saturated carbocycles. The second kappa shape index (κ2) is 9.04. The van der Waals surface area contributed by atoms with Gasteiger partial charge < -0.3 is 15.2 Å².